The Morgan fingerprint density at radius 2 is 2.00 bits per heavy atom. The van der Waals surface area contributed by atoms with Gasteiger partial charge in [-0.1, -0.05) is 24.3 Å². The minimum Gasteiger partial charge on any atom is -0.301 e. The van der Waals surface area contributed by atoms with Crippen molar-refractivity contribution in [2.24, 2.45) is 0 Å². The van der Waals surface area contributed by atoms with Crippen LogP contribution in [0, 0.1) is 0 Å². The van der Waals surface area contributed by atoms with E-state index in [1.165, 1.54) is 11.1 Å². The van der Waals surface area contributed by atoms with Crippen LogP contribution in [0.5, 0.6) is 0 Å². The van der Waals surface area contributed by atoms with Crippen LogP contribution in [0.4, 0.5) is 0 Å². The van der Waals surface area contributed by atoms with Gasteiger partial charge in [0.2, 0.25) is 0 Å². The van der Waals surface area contributed by atoms with Crippen molar-refractivity contribution in [3.63, 3.8) is 0 Å². The van der Waals surface area contributed by atoms with Crippen molar-refractivity contribution < 1.29 is 9.63 Å². The lowest BCUT2D eigenvalue weighted by Crippen LogP contribution is -2.49. The van der Waals surface area contributed by atoms with Crippen molar-refractivity contribution in [1.82, 2.24) is 10.8 Å². The number of fused-ring (bicyclic) bond motifs is 1. The van der Waals surface area contributed by atoms with Crippen LogP contribution in [0.25, 0.3) is 0 Å². The summed E-state index contributed by atoms with van der Waals surface area (Å²) in [4.78, 5) is 17.2. The molecule has 0 aliphatic carbocycles. The van der Waals surface area contributed by atoms with Crippen molar-refractivity contribution in [3.05, 3.63) is 35.4 Å². The van der Waals surface area contributed by atoms with Crippen LogP contribution in [0.15, 0.2) is 24.3 Å². The molecule has 1 aromatic carbocycles. The molecule has 0 aromatic heterocycles. The molecule has 2 N–H and O–H groups in total. The van der Waals surface area contributed by atoms with Gasteiger partial charge in [0.05, 0.1) is 11.6 Å². The molecule has 1 atom stereocenters. The van der Waals surface area contributed by atoms with Gasteiger partial charge in [-0.05, 0) is 38.3 Å². The lowest BCUT2D eigenvalue weighted by molar-refractivity contribution is -0.147. The lowest BCUT2D eigenvalue weighted by atomic mass is 9.96. The molecule has 0 fully saturated rings. The molecule has 98 valence electrons. The molecule has 0 bridgehead atoms. The van der Waals surface area contributed by atoms with Crippen molar-refractivity contribution >= 4 is 5.91 Å². The first-order chi connectivity index (χ1) is 8.46. The fourth-order valence-corrected chi connectivity index (χ4v) is 1.91. The van der Waals surface area contributed by atoms with Gasteiger partial charge in [0.25, 0.3) is 5.91 Å². The monoisotopic (exact) mass is 248 g/mol. The molecule has 18 heavy (non-hydrogen) atoms. The molecule has 0 saturated heterocycles. The average Bonchev–Trinajstić information content (AvgIpc) is 2.34. The number of rotatable bonds is 2. The molecular weight excluding hydrogens is 228 g/mol. The summed E-state index contributed by atoms with van der Waals surface area (Å²) < 4.78 is 0. The van der Waals surface area contributed by atoms with Crippen LogP contribution in [0.2, 0.25) is 0 Å². The highest BCUT2D eigenvalue weighted by Gasteiger charge is 2.25. The topological polar surface area (TPSA) is 50.4 Å². The molecule has 4 heteroatoms. The summed E-state index contributed by atoms with van der Waals surface area (Å²) >= 11 is 0. The molecule has 0 radical (unpaired) electrons. The highest BCUT2D eigenvalue weighted by molar-refractivity contribution is 5.81. The minimum absolute atomic E-state index is 0.112. The van der Waals surface area contributed by atoms with Gasteiger partial charge in [0, 0.05) is 6.54 Å². The van der Waals surface area contributed by atoms with E-state index < -0.39 is 0 Å². The predicted octanol–water partition coefficient (Wildman–Crippen LogP) is 1.55. The molecule has 0 unspecified atom stereocenters. The Kier molecular flexibility index (Phi) is 3.68. The van der Waals surface area contributed by atoms with Gasteiger partial charge in [-0.25, -0.2) is 5.48 Å². The van der Waals surface area contributed by atoms with Gasteiger partial charge in [-0.2, -0.15) is 0 Å². The highest BCUT2D eigenvalue weighted by Crippen LogP contribution is 2.16. The Hall–Kier alpha value is -1.39. The Labute approximate surface area is 108 Å². The first kappa shape index (κ1) is 13.1. The minimum atomic E-state index is -0.373. The molecule has 1 aromatic rings. The summed E-state index contributed by atoms with van der Waals surface area (Å²) in [6, 6.07) is 7.96. The molecule has 0 spiro atoms. The van der Waals surface area contributed by atoms with Gasteiger partial charge in [0.1, 0.15) is 0 Å². The first-order valence-electron chi connectivity index (χ1n) is 6.24. The van der Waals surface area contributed by atoms with E-state index >= 15 is 0 Å². The van der Waals surface area contributed by atoms with Gasteiger partial charge in [0.15, 0.2) is 0 Å². The summed E-state index contributed by atoms with van der Waals surface area (Å²) in [7, 11) is 0. The normalized spacial score (nSPS) is 19.2. The van der Waals surface area contributed by atoms with Crippen LogP contribution in [-0.4, -0.2) is 17.6 Å². The zero-order valence-electron chi connectivity index (χ0n) is 11.1. The standard InChI is InChI=1S/C14H20N2O2/c1-14(2,3)18-16-13(17)12-8-10-6-4-5-7-11(10)9-15-12/h4-7,12,15H,8-9H2,1-3H3,(H,16,17)/t12-/m0/s1. The van der Waals surface area contributed by atoms with E-state index in [1.54, 1.807) is 0 Å². The number of carbonyl (C=O) groups is 1. The molecule has 1 aliphatic rings. The average molecular weight is 248 g/mol. The Bertz CT molecular complexity index is 438. The van der Waals surface area contributed by atoms with Crippen LogP contribution in [-0.2, 0) is 22.6 Å². The molecule has 1 amide bonds. The molecular formula is C14H20N2O2. The number of carbonyl (C=O) groups excluding carboxylic acids is 1. The van der Waals surface area contributed by atoms with Gasteiger partial charge >= 0.3 is 0 Å². The summed E-state index contributed by atoms with van der Waals surface area (Å²) in [5, 5.41) is 3.22. The van der Waals surface area contributed by atoms with E-state index in [-0.39, 0.29) is 17.6 Å². The molecule has 4 nitrogen and oxygen atoms in total. The second-order valence-electron chi connectivity index (χ2n) is 5.59. The predicted molar refractivity (Wildman–Crippen MR) is 69.8 cm³/mol. The zero-order chi connectivity index (χ0) is 13.2. The second kappa shape index (κ2) is 5.08. The van der Waals surface area contributed by atoms with E-state index in [0.717, 1.165) is 6.54 Å². The molecule has 1 aliphatic heterocycles. The Morgan fingerprint density at radius 3 is 2.67 bits per heavy atom. The fourth-order valence-electron chi connectivity index (χ4n) is 1.91. The smallest absolute Gasteiger partial charge is 0.261 e. The van der Waals surface area contributed by atoms with Crippen LogP contribution >= 0.6 is 0 Å². The second-order valence-corrected chi connectivity index (χ2v) is 5.59. The van der Waals surface area contributed by atoms with Crippen molar-refractivity contribution in [1.29, 1.82) is 0 Å². The number of benzene rings is 1. The number of nitrogens with one attached hydrogen (secondary N) is 2. The van der Waals surface area contributed by atoms with E-state index in [9.17, 15) is 4.79 Å². The van der Waals surface area contributed by atoms with Crippen LogP contribution in [0.3, 0.4) is 0 Å². The maximum atomic E-state index is 12.0. The fraction of sp³-hybridized carbons (Fsp3) is 0.500. The zero-order valence-corrected chi connectivity index (χ0v) is 11.1. The number of hydrogen-bond acceptors (Lipinski definition) is 3. The third-order valence-corrected chi connectivity index (χ3v) is 2.86. The van der Waals surface area contributed by atoms with Gasteiger partial charge in [-0.15, -0.1) is 0 Å². The van der Waals surface area contributed by atoms with E-state index in [1.807, 2.05) is 32.9 Å². The summed E-state index contributed by atoms with van der Waals surface area (Å²) in [5.41, 5.74) is 4.64. The maximum Gasteiger partial charge on any atom is 0.261 e. The van der Waals surface area contributed by atoms with Crippen LogP contribution < -0.4 is 10.8 Å². The summed E-state index contributed by atoms with van der Waals surface area (Å²) in [6.45, 7) is 6.43. The molecule has 0 saturated carbocycles. The molecule has 2 rings (SSSR count). The van der Waals surface area contributed by atoms with Crippen molar-refractivity contribution in [2.75, 3.05) is 0 Å². The van der Waals surface area contributed by atoms with E-state index in [0.29, 0.717) is 6.42 Å². The van der Waals surface area contributed by atoms with Crippen molar-refractivity contribution in [3.8, 4) is 0 Å². The number of hydroxylamine groups is 1. The summed E-state index contributed by atoms with van der Waals surface area (Å²) in [6.07, 6.45) is 0.704. The third kappa shape index (κ3) is 3.31. The molecule has 1 heterocycles. The number of amides is 1. The van der Waals surface area contributed by atoms with Crippen molar-refractivity contribution in [2.45, 2.75) is 45.4 Å². The SMILES string of the molecule is CC(C)(C)ONC(=O)[C@@H]1Cc2ccccc2CN1. The highest BCUT2D eigenvalue weighted by atomic mass is 16.7. The van der Waals surface area contributed by atoms with Gasteiger partial charge in [-0.3, -0.25) is 9.63 Å². The summed E-state index contributed by atoms with van der Waals surface area (Å²) in [5.74, 6) is -0.112. The lowest BCUT2D eigenvalue weighted by Gasteiger charge is -2.27. The third-order valence-electron chi connectivity index (χ3n) is 2.86. The maximum absolute atomic E-state index is 12.0. The number of hydrogen-bond donors (Lipinski definition) is 2. The van der Waals surface area contributed by atoms with Crippen LogP contribution in [0.1, 0.15) is 31.9 Å². The Morgan fingerprint density at radius 1 is 1.33 bits per heavy atom. The van der Waals surface area contributed by atoms with E-state index in [2.05, 4.69) is 22.9 Å². The van der Waals surface area contributed by atoms with Gasteiger partial charge < -0.3 is 5.32 Å². The largest absolute Gasteiger partial charge is 0.301 e. The first-order valence-corrected chi connectivity index (χ1v) is 6.24. The quantitative estimate of drug-likeness (QED) is 0.781. The Balaban J connectivity index is 1.95. The van der Waals surface area contributed by atoms with E-state index in [4.69, 9.17) is 4.84 Å².